The van der Waals surface area contributed by atoms with Gasteiger partial charge in [0, 0.05) is 32.1 Å². The summed E-state index contributed by atoms with van der Waals surface area (Å²) in [5.41, 5.74) is 13.2. The smallest absolute Gasteiger partial charge is 0.254 e. The minimum atomic E-state index is -1.38. The molecule has 6 N–H and O–H groups in total. The van der Waals surface area contributed by atoms with Gasteiger partial charge in [-0.2, -0.15) is 9.97 Å². The Hall–Kier alpha value is -3.77. The summed E-state index contributed by atoms with van der Waals surface area (Å²) in [7, 11) is 1.92. The van der Waals surface area contributed by atoms with Crippen molar-refractivity contribution >= 4 is 39.9 Å². The zero-order valence-electron chi connectivity index (χ0n) is 19.2. The summed E-state index contributed by atoms with van der Waals surface area (Å²) in [5.74, 6) is 0.673. The fourth-order valence-electron chi connectivity index (χ4n) is 4.79. The van der Waals surface area contributed by atoms with Gasteiger partial charge in [-0.25, -0.2) is 9.97 Å². The van der Waals surface area contributed by atoms with Gasteiger partial charge in [-0.3, -0.25) is 4.79 Å². The van der Waals surface area contributed by atoms with E-state index < -0.39 is 17.7 Å². The van der Waals surface area contributed by atoms with Crippen LogP contribution in [0.4, 0.5) is 11.8 Å². The Balaban J connectivity index is 1.55. The number of hydrogen-bond acceptors (Lipinski definition) is 9. The lowest BCUT2D eigenvalue weighted by molar-refractivity contribution is -0.0217. The minimum absolute atomic E-state index is 0.0214. The van der Waals surface area contributed by atoms with Crippen LogP contribution in [-0.2, 0) is 7.05 Å². The van der Waals surface area contributed by atoms with Crippen molar-refractivity contribution in [3.63, 3.8) is 0 Å². The van der Waals surface area contributed by atoms with E-state index in [4.69, 9.17) is 11.5 Å². The molecule has 0 aliphatic carbocycles. The molecule has 3 aromatic heterocycles. The van der Waals surface area contributed by atoms with E-state index in [1.165, 1.54) is 11.2 Å². The summed E-state index contributed by atoms with van der Waals surface area (Å²) >= 11 is 0. The monoisotopic (exact) mass is 465 g/mol. The molecule has 3 atom stereocenters. The van der Waals surface area contributed by atoms with Gasteiger partial charge in [0.2, 0.25) is 5.95 Å². The van der Waals surface area contributed by atoms with Gasteiger partial charge in [0.25, 0.3) is 5.91 Å². The van der Waals surface area contributed by atoms with Crippen LogP contribution in [0.5, 0.6) is 0 Å². The molecule has 12 heteroatoms. The second-order valence-corrected chi connectivity index (χ2v) is 9.15. The third-order valence-corrected chi connectivity index (χ3v) is 6.63. The van der Waals surface area contributed by atoms with Crippen molar-refractivity contribution in [2.75, 3.05) is 24.6 Å². The number of nitrogens with two attached hydrogens (primary N) is 2. The fourth-order valence-corrected chi connectivity index (χ4v) is 4.79. The van der Waals surface area contributed by atoms with E-state index in [1.807, 2.05) is 24.6 Å². The van der Waals surface area contributed by atoms with Crippen molar-refractivity contribution in [1.29, 1.82) is 0 Å². The maximum absolute atomic E-state index is 13.5. The number of aliphatic hydroxyl groups excluding tert-OH is 1. The molecular weight excluding hydrogens is 438 g/mol. The van der Waals surface area contributed by atoms with Gasteiger partial charge in [-0.05, 0) is 32.0 Å². The standard InChI is InChI=1S/C22H27N9O3/c1-11-26-14-6-12(4-5-15(14)29(11)3)20(33)30-8-13(32)7-22(2,34)16(9-30)31-10-25-17-18(23)27-21(24)28-19(17)31/h4-6,10,13,16,32,34H,7-9H2,1-3H3,(H4,23,24,27,28)/t13-,16+,22+/m0/s1. The number of amides is 1. The predicted octanol–water partition coefficient (Wildman–Crippen LogP) is 0.385. The zero-order valence-corrected chi connectivity index (χ0v) is 19.2. The second-order valence-electron chi connectivity index (χ2n) is 9.15. The molecule has 12 nitrogen and oxygen atoms in total. The topological polar surface area (TPSA) is 174 Å². The van der Waals surface area contributed by atoms with Gasteiger partial charge in [-0.1, -0.05) is 0 Å². The van der Waals surface area contributed by atoms with Crippen molar-refractivity contribution in [3.05, 3.63) is 35.9 Å². The Morgan fingerprint density at radius 2 is 1.97 bits per heavy atom. The van der Waals surface area contributed by atoms with Crippen LogP contribution < -0.4 is 11.5 Å². The third kappa shape index (κ3) is 3.51. The Bertz CT molecular complexity index is 1420. The lowest BCUT2D eigenvalue weighted by Crippen LogP contribution is -2.42. The maximum Gasteiger partial charge on any atom is 0.254 e. The maximum atomic E-state index is 13.5. The summed E-state index contributed by atoms with van der Waals surface area (Å²) in [5, 5.41) is 22.0. The first-order chi connectivity index (χ1) is 16.0. The number of nitrogen functional groups attached to an aromatic ring is 2. The number of nitrogens with zero attached hydrogens (tertiary/aromatic N) is 7. The number of likely N-dealkylation sites (tertiary alicyclic amines) is 1. The van der Waals surface area contributed by atoms with Gasteiger partial charge < -0.3 is 35.7 Å². The number of hydrogen-bond donors (Lipinski definition) is 4. The van der Waals surface area contributed by atoms with Crippen LogP contribution in [0, 0.1) is 6.92 Å². The molecule has 0 radical (unpaired) electrons. The van der Waals surface area contributed by atoms with Crippen LogP contribution >= 0.6 is 0 Å². The Morgan fingerprint density at radius 3 is 2.74 bits per heavy atom. The highest BCUT2D eigenvalue weighted by molar-refractivity contribution is 5.97. The first-order valence-electron chi connectivity index (χ1n) is 10.9. The van der Waals surface area contributed by atoms with Gasteiger partial charge in [0.05, 0.1) is 35.1 Å². The van der Waals surface area contributed by atoms with Crippen molar-refractivity contribution < 1.29 is 15.0 Å². The first kappa shape index (κ1) is 22.0. The highest BCUT2D eigenvalue weighted by Crippen LogP contribution is 2.34. The van der Waals surface area contributed by atoms with Gasteiger partial charge in [0.15, 0.2) is 11.5 Å². The molecule has 4 heterocycles. The number of rotatable bonds is 2. The molecule has 1 saturated heterocycles. The molecular formula is C22H27N9O3. The largest absolute Gasteiger partial charge is 0.391 e. The second kappa shape index (κ2) is 7.64. The molecule has 34 heavy (non-hydrogen) atoms. The average molecular weight is 466 g/mol. The highest BCUT2D eigenvalue weighted by atomic mass is 16.3. The van der Waals surface area contributed by atoms with Crippen LogP contribution in [0.15, 0.2) is 24.5 Å². The van der Waals surface area contributed by atoms with Crippen LogP contribution in [0.2, 0.25) is 0 Å². The van der Waals surface area contributed by atoms with Crippen LogP contribution in [-0.4, -0.2) is 74.9 Å². The highest BCUT2D eigenvalue weighted by Gasteiger charge is 2.42. The summed E-state index contributed by atoms with van der Waals surface area (Å²) in [4.78, 5) is 32.1. The Morgan fingerprint density at radius 1 is 1.21 bits per heavy atom. The van der Waals surface area contributed by atoms with Crippen LogP contribution in [0.1, 0.15) is 35.6 Å². The molecule has 1 fully saturated rings. The van der Waals surface area contributed by atoms with Gasteiger partial charge >= 0.3 is 0 Å². The average Bonchev–Trinajstić information content (AvgIpc) is 3.26. The van der Waals surface area contributed by atoms with Crippen LogP contribution in [0.3, 0.4) is 0 Å². The van der Waals surface area contributed by atoms with E-state index in [2.05, 4.69) is 19.9 Å². The molecule has 0 saturated carbocycles. The first-order valence-corrected chi connectivity index (χ1v) is 10.9. The predicted molar refractivity (Wildman–Crippen MR) is 126 cm³/mol. The quantitative estimate of drug-likeness (QED) is 0.326. The van der Waals surface area contributed by atoms with E-state index in [0.29, 0.717) is 22.2 Å². The molecule has 1 aliphatic heterocycles. The van der Waals surface area contributed by atoms with E-state index in [-0.39, 0.29) is 37.2 Å². The molecule has 1 aliphatic rings. The molecule has 178 valence electrons. The summed E-state index contributed by atoms with van der Waals surface area (Å²) < 4.78 is 3.60. The van der Waals surface area contributed by atoms with Crippen LogP contribution in [0.25, 0.3) is 22.2 Å². The number of fused-ring (bicyclic) bond motifs is 2. The number of β-amino-alcohol motifs (C(OH)–C–C–N with tert-alkyl or cyclic N) is 1. The summed E-state index contributed by atoms with van der Waals surface area (Å²) in [6.45, 7) is 3.70. The fraction of sp³-hybridized carbons (Fsp3) is 0.409. The van der Waals surface area contributed by atoms with Crippen molar-refractivity contribution in [2.45, 2.75) is 38.0 Å². The van der Waals surface area contributed by atoms with Crippen molar-refractivity contribution in [2.24, 2.45) is 7.05 Å². The number of aromatic nitrogens is 6. The number of benzene rings is 1. The third-order valence-electron chi connectivity index (χ3n) is 6.63. The SMILES string of the molecule is Cc1nc2cc(C(=O)N3C[C@@H](O)C[C@@](C)(O)[C@H](n4cnc5c(N)nc(N)nc54)C3)ccc2n1C. The normalized spacial score (nSPS) is 23.5. The Kier molecular flexibility index (Phi) is 4.95. The molecule has 0 bridgehead atoms. The van der Waals surface area contributed by atoms with E-state index in [1.54, 1.807) is 23.6 Å². The van der Waals surface area contributed by atoms with E-state index >= 15 is 0 Å². The summed E-state index contributed by atoms with van der Waals surface area (Å²) in [6.07, 6.45) is 0.622. The van der Waals surface area contributed by atoms with E-state index in [9.17, 15) is 15.0 Å². The summed E-state index contributed by atoms with van der Waals surface area (Å²) in [6, 6.07) is 4.68. The number of imidazole rings is 2. The lowest BCUT2D eigenvalue weighted by atomic mass is 9.91. The minimum Gasteiger partial charge on any atom is -0.391 e. The number of carbonyl (C=O) groups excluding carboxylic acids is 1. The van der Waals surface area contributed by atoms with Crippen molar-refractivity contribution in [1.82, 2.24) is 34.0 Å². The van der Waals surface area contributed by atoms with Crippen molar-refractivity contribution in [3.8, 4) is 0 Å². The Labute approximate surface area is 194 Å². The molecule has 1 aromatic carbocycles. The molecule has 5 rings (SSSR count). The molecule has 1 amide bonds. The molecule has 4 aromatic rings. The number of anilines is 2. The molecule has 0 unspecified atom stereocenters. The van der Waals surface area contributed by atoms with Gasteiger partial charge in [-0.15, -0.1) is 0 Å². The number of aryl methyl sites for hydroxylation is 2. The lowest BCUT2D eigenvalue weighted by Gasteiger charge is -2.34. The number of aliphatic hydroxyl groups is 2. The van der Waals surface area contributed by atoms with E-state index in [0.717, 1.165) is 11.3 Å². The van der Waals surface area contributed by atoms with Gasteiger partial charge in [0.1, 0.15) is 11.3 Å². The number of carbonyl (C=O) groups is 1. The zero-order chi connectivity index (χ0) is 24.4. The molecule has 0 spiro atoms.